The van der Waals surface area contributed by atoms with Crippen LogP contribution in [0.3, 0.4) is 0 Å². The van der Waals surface area contributed by atoms with Crippen LogP contribution in [0.2, 0.25) is 0 Å². The maximum atomic E-state index is 2.76. The summed E-state index contributed by atoms with van der Waals surface area (Å²) < 4.78 is 0. The molecule has 2 bridgehead atoms. The van der Waals surface area contributed by atoms with E-state index in [1.54, 1.807) is 5.57 Å². The lowest BCUT2D eigenvalue weighted by atomic mass is 9.83. The number of rotatable bonds is 7. The molecule has 2 aliphatic rings. The van der Waals surface area contributed by atoms with Gasteiger partial charge in [0.2, 0.25) is 0 Å². The van der Waals surface area contributed by atoms with Crippen molar-refractivity contribution in [2.45, 2.75) is 64.6 Å². The largest absolute Gasteiger partial charge is 0.304 e. The summed E-state index contributed by atoms with van der Waals surface area (Å²) in [7, 11) is 0. The van der Waals surface area contributed by atoms with E-state index >= 15 is 0 Å². The monoisotopic (exact) mass is 312 g/mol. The van der Waals surface area contributed by atoms with Crippen LogP contribution in [0.1, 0.15) is 51.5 Å². The zero-order valence-electron chi connectivity index (χ0n) is 14.9. The minimum Gasteiger partial charge on any atom is -0.304 e. The number of hydrogen-bond donors (Lipinski definition) is 0. The summed E-state index contributed by atoms with van der Waals surface area (Å²) in [5.74, 6) is 0. The minimum atomic E-state index is 0.675. The first-order valence-electron chi connectivity index (χ1n) is 9.51. The molecule has 23 heavy (non-hydrogen) atoms. The van der Waals surface area contributed by atoms with E-state index in [-0.39, 0.29) is 0 Å². The Kier molecular flexibility index (Phi) is 5.91. The number of piperidine rings is 1. The highest BCUT2D eigenvalue weighted by Crippen LogP contribution is 2.35. The van der Waals surface area contributed by atoms with Gasteiger partial charge in [-0.25, -0.2) is 0 Å². The second-order valence-corrected chi connectivity index (χ2v) is 7.12. The molecule has 0 amide bonds. The smallest absolute Gasteiger partial charge is 0.0287 e. The van der Waals surface area contributed by atoms with E-state index in [9.17, 15) is 0 Å². The van der Waals surface area contributed by atoms with Crippen molar-refractivity contribution in [1.29, 1.82) is 0 Å². The molecule has 1 saturated heterocycles. The van der Waals surface area contributed by atoms with Crippen LogP contribution in [0.5, 0.6) is 0 Å². The average molecular weight is 313 g/mol. The second kappa shape index (κ2) is 8.12. The molecule has 0 N–H and O–H groups in total. The first-order chi connectivity index (χ1) is 11.3. The predicted molar refractivity (Wildman–Crippen MR) is 98.5 cm³/mol. The van der Waals surface area contributed by atoms with Gasteiger partial charge >= 0.3 is 0 Å². The zero-order valence-corrected chi connectivity index (χ0v) is 14.9. The Morgan fingerprint density at radius 1 is 1.09 bits per heavy atom. The molecule has 3 rings (SSSR count). The van der Waals surface area contributed by atoms with Gasteiger partial charge in [0, 0.05) is 25.2 Å². The van der Waals surface area contributed by atoms with Gasteiger partial charge in [0.05, 0.1) is 0 Å². The summed E-state index contributed by atoms with van der Waals surface area (Å²) in [6.07, 6.45) is 9.31. The zero-order chi connectivity index (χ0) is 16.1. The highest BCUT2D eigenvalue weighted by molar-refractivity contribution is 5.20. The van der Waals surface area contributed by atoms with Crippen LogP contribution in [-0.4, -0.2) is 41.5 Å². The van der Waals surface area contributed by atoms with Gasteiger partial charge in [-0.05, 0) is 44.3 Å². The normalized spacial score (nSPS) is 24.7. The van der Waals surface area contributed by atoms with Crippen LogP contribution in [0.25, 0.3) is 0 Å². The summed E-state index contributed by atoms with van der Waals surface area (Å²) in [6.45, 7) is 9.25. The number of hydrogen-bond acceptors (Lipinski definition) is 2. The SMILES string of the molecule is CCN(CC)CCC1=CC2CCCC(C1)N2Cc1ccccc1. The van der Waals surface area contributed by atoms with E-state index in [0.29, 0.717) is 6.04 Å². The molecule has 0 saturated carbocycles. The summed E-state index contributed by atoms with van der Waals surface area (Å²) in [5, 5.41) is 0. The van der Waals surface area contributed by atoms with Crippen LogP contribution in [-0.2, 0) is 6.54 Å². The molecule has 2 aliphatic heterocycles. The summed E-state index contributed by atoms with van der Waals surface area (Å²) in [6, 6.07) is 12.4. The Labute approximate surface area is 142 Å². The molecule has 1 fully saturated rings. The highest BCUT2D eigenvalue weighted by Gasteiger charge is 2.33. The Morgan fingerprint density at radius 3 is 2.57 bits per heavy atom. The van der Waals surface area contributed by atoms with E-state index in [1.165, 1.54) is 57.3 Å². The summed E-state index contributed by atoms with van der Waals surface area (Å²) in [5.41, 5.74) is 3.18. The molecule has 1 aromatic carbocycles. The van der Waals surface area contributed by atoms with Crippen molar-refractivity contribution in [1.82, 2.24) is 9.80 Å². The molecule has 2 atom stereocenters. The maximum absolute atomic E-state index is 2.76. The van der Waals surface area contributed by atoms with Gasteiger partial charge in [-0.15, -0.1) is 0 Å². The first kappa shape index (κ1) is 16.7. The van der Waals surface area contributed by atoms with Gasteiger partial charge in [0.15, 0.2) is 0 Å². The van der Waals surface area contributed by atoms with Crippen molar-refractivity contribution >= 4 is 0 Å². The quantitative estimate of drug-likeness (QED) is 0.685. The van der Waals surface area contributed by atoms with Gasteiger partial charge in [-0.2, -0.15) is 0 Å². The molecule has 0 aliphatic carbocycles. The maximum Gasteiger partial charge on any atom is 0.0287 e. The van der Waals surface area contributed by atoms with E-state index in [0.717, 1.165) is 12.6 Å². The molecule has 0 aromatic heterocycles. The van der Waals surface area contributed by atoms with Crippen LogP contribution < -0.4 is 0 Å². The van der Waals surface area contributed by atoms with Gasteiger partial charge in [0.25, 0.3) is 0 Å². The number of fused-ring (bicyclic) bond motifs is 2. The fraction of sp³-hybridized carbons (Fsp3) is 0.619. The van der Waals surface area contributed by atoms with Gasteiger partial charge in [-0.3, -0.25) is 4.90 Å². The van der Waals surface area contributed by atoms with E-state index in [2.05, 4.69) is 60.1 Å². The Morgan fingerprint density at radius 2 is 1.87 bits per heavy atom. The molecule has 0 spiro atoms. The first-order valence-corrected chi connectivity index (χ1v) is 9.51. The van der Waals surface area contributed by atoms with E-state index < -0.39 is 0 Å². The molecule has 126 valence electrons. The Bertz CT molecular complexity index is 504. The molecule has 2 heterocycles. The lowest BCUT2D eigenvalue weighted by molar-refractivity contribution is 0.0871. The Balaban J connectivity index is 1.64. The predicted octanol–water partition coefficient (Wildman–Crippen LogP) is 4.47. The van der Waals surface area contributed by atoms with Gasteiger partial charge < -0.3 is 4.90 Å². The van der Waals surface area contributed by atoms with E-state index in [1.807, 2.05) is 0 Å². The molecule has 2 nitrogen and oxygen atoms in total. The van der Waals surface area contributed by atoms with Gasteiger partial charge in [0.1, 0.15) is 0 Å². The molecule has 2 heteroatoms. The molecular weight excluding hydrogens is 280 g/mol. The summed E-state index contributed by atoms with van der Waals surface area (Å²) >= 11 is 0. The van der Waals surface area contributed by atoms with Crippen LogP contribution in [0, 0.1) is 0 Å². The van der Waals surface area contributed by atoms with Crippen molar-refractivity contribution in [3.63, 3.8) is 0 Å². The molecule has 0 radical (unpaired) electrons. The third-order valence-electron chi connectivity index (χ3n) is 5.71. The average Bonchev–Trinajstić information content (AvgIpc) is 2.57. The van der Waals surface area contributed by atoms with Crippen LogP contribution in [0.4, 0.5) is 0 Å². The van der Waals surface area contributed by atoms with Crippen molar-refractivity contribution in [2.24, 2.45) is 0 Å². The fourth-order valence-corrected chi connectivity index (χ4v) is 4.27. The number of nitrogens with zero attached hydrogens (tertiary/aromatic N) is 2. The molecular formula is C21H32N2. The third kappa shape index (κ3) is 4.24. The Hall–Kier alpha value is -1.12. The molecule has 2 unspecified atom stereocenters. The third-order valence-corrected chi connectivity index (χ3v) is 5.71. The van der Waals surface area contributed by atoms with Crippen LogP contribution in [0.15, 0.2) is 42.0 Å². The lowest BCUT2D eigenvalue weighted by Crippen LogP contribution is -2.48. The second-order valence-electron chi connectivity index (χ2n) is 7.12. The fourth-order valence-electron chi connectivity index (χ4n) is 4.27. The molecule has 1 aromatic rings. The van der Waals surface area contributed by atoms with Crippen molar-refractivity contribution in [3.05, 3.63) is 47.5 Å². The van der Waals surface area contributed by atoms with Gasteiger partial charge in [-0.1, -0.05) is 62.2 Å². The number of benzene rings is 1. The van der Waals surface area contributed by atoms with E-state index in [4.69, 9.17) is 0 Å². The van der Waals surface area contributed by atoms with Crippen molar-refractivity contribution in [2.75, 3.05) is 19.6 Å². The summed E-state index contributed by atoms with van der Waals surface area (Å²) in [4.78, 5) is 5.31. The van der Waals surface area contributed by atoms with Crippen molar-refractivity contribution in [3.8, 4) is 0 Å². The highest BCUT2D eigenvalue weighted by atomic mass is 15.2. The minimum absolute atomic E-state index is 0.675. The van der Waals surface area contributed by atoms with Crippen molar-refractivity contribution < 1.29 is 0 Å². The van der Waals surface area contributed by atoms with Crippen LogP contribution >= 0.6 is 0 Å². The standard InChI is InChI=1S/C21H32N2/c1-3-22(4-2)14-13-19-15-20-11-8-12-21(16-19)23(20)17-18-9-6-5-7-10-18/h5-7,9-10,15,20-21H,3-4,8,11-14,16-17H2,1-2H3. The topological polar surface area (TPSA) is 6.48 Å². The lowest BCUT2D eigenvalue weighted by Gasteiger charge is -2.45.